The van der Waals surface area contributed by atoms with Gasteiger partial charge in [-0.3, -0.25) is 0 Å². The first-order chi connectivity index (χ1) is 7.33. The highest BCUT2D eigenvalue weighted by Crippen LogP contribution is 2.36. The van der Waals surface area contributed by atoms with Crippen molar-refractivity contribution in [1.82, 2.24) is 5.32 Å². The lowest BCUT2D eigenvalue weighted by Gasteiger charge is -2.36. The molecule has 1 aliphatic heterocycles. The molecule has 4 heteroatoms. The van der Waals surface area contributed by atoms with Crippen LogP contribution in [-0.2, 0) is 4.43 Å². The first kappa shape index (κ1) is 17.4. The predicted octanol–water partition coefficient (Wildman–Crippen LogP) is 3.82. The topological polar surface area (TPSA) is 21.3 Å². The molecule has 1 N–H and O–H groups in total. The van der Waals surface area contributed by atoms with Gasteiger partial charge in [-0.15, -0.1) is 12.4 Å². The molecule has 0 amide bonds. The highest BCUT2D eigenvalue weighted by molar-refractivity contribution is 6.74. The van der Waals surface area contributed by atoms with Crippen LogP contribution >= 0.6 is 12.4 Å². The molecule has 1 saturated heterocycles. The Morgan fingerprint density at radius 2 is 1.71 bits per heavy atom. The van der Waals surface area contributed by atoms with Crippen LogP contribution in [0.4, 0.5) is 0 Å². The zero-order valence-electron chi connectivity index (χ0n) is 12.1. The lowest BCUT2D eigenvalue weighted by atomic mass is 9.95. The van der Waals surface area contributed by atoms with Crippen LogP contribution in [0.2, 0.25) is 18.1 Å². The van der Waals surface area contributed by atoms with Gasteiger partial charge >= 0.3 is 0 Å². The Morgan fingerprint density at radius 3 is 2.18 bits per heavy atom. The Morgan fingerprint density at radius 1 is 1.18 bits per heavy atom. The van der Waals surface area contributed by atoms with Crippen molar-refractivity contribution in [2.75, 3.05) is 19.7 Å². The minimum absolute atomic E-state index is 0. The summed E-state index contributed by atoms with van der Waals surface area (Å²) >= 11 is 0. The molecule has 0 radical (unpaired) electrons. The maximum atomic E-state index is 6.22. The van der Waals surface area contributed by atoms with E-state index in [1.165, 1.54) is 32.4 Å². The summed E-state index contributed by atoms with van der Waals surface area (Å²) in [6.07, 6.45) is 3.93. The quantitative estimate of drug-likeness (QED) is 0.790. The van der Waals surface area contributed by atoms with Crippen LogP contribution in [-0.4, -0.2) is 28.0 Å². The van der Waals surface area contributed by atoms with Gasteiger partial charge < -0.3 is 9.74 Å². The SMILES string of the molecule is CC(C)(C)[Si](C)(C)OCCC1CCNCC1.Cl. The van der Waals surface area contributed by atoms with Crippen molar-refractivity contribution in [3.05, 3.63) is 0 Å². The summed E-state index contributed by atoms with van der Waals surface area (Å²) < 4.78 is 6.22. The fourth-order valence-corrected chi connectivity index (χ4v) is 2.93. The highest BCUT2D eigenvalue weighted by Gasteiger charge is 2.36. The molecular weight excluding hydrogens is 250 g/mol. The van der Waals surface area contributed by atoms with E-state index < -0.39 is 8.32 Å². The number of rotatable bonds is 4. The molecule has 1 heterocycles. The van der Waals surface area contributed by atoms with Gasteiger partial charge in [0.15, 0.2) is 8.32 Å². The van der Waals surface area contributed by atoms with E-state index in [9.17, 15) is 0 Å². The van der Waals surface area contributed by atoms with Gasteiger partial charge in [0.05, 0.1) is 0 Å². The van der Waals surface area contributed by atoms with E-state index in [0.717, 1.165) is 12.5 Å². The van der Waals surface area contributed by atoms with Crippen molar-refractivity contribution in [2.45, 2.75) is 58.2 Å². The number of nitrogens with one attached hydrogen (secondary N) is 1. The molecule has 0 aromatic rings. The number of hydrogen-bond donors (Lipinski definition) is 1. The highest BCUT2D eigenvalue weighted by atomic mass is 35.5. The van der Waals surface area contributed by atoms with Crippen LogP contribution in [0.15, 0.2) is 0 Å². The maximum Gasteiger partial charge on any atom is 0.191 e. The van der Waals surface area contributed by atoms with Crippen molar-refractivity contribution in [2.24, 2.45) is 5.92 Å². The molecule has 1 rings (SSSR count). The largest absolute Gasteiger partial charge is 0.417 e. The number of halogens is 1. The second-order valence-electron chi connectivity index (χ2n) is 6.59. The van der Waals surface area contributed by atoms with Crippen LogP contribution in [0.5, 0.6) is 0 Å². The maximum absolute atomic E-state index is 6.22. The summed E-state index contributed by atoms with van der Waals surface area (Å²) in [5.74, 6) is 0.894. The Bertz CT molecular complexity index is 210. The van der Waals surface area contributed by atoms with Crippen LogP contribution in [0.1, 0.15) is 40.0 Å². The first-order valence-electron chi connectivity index (χ1n) is 6.67. The van der Waals surface area contributed by atoms with E-state index in [0.29, 0.717) is 5.04 Å². The van der Waals surface area contributed by atoms with Crippen LogP contribution < -0.4 is 5.32 Å². The Kier molecular flexibility index (Phi) is 7.30. The summed E-state index contributed by atoms with van der Waals surface area (Å²) in [5, 5.41) is 3.76. The molecule has 0 unspecified atom stereocenters. The molecule has 0 aliphatic carbocycles. The van der Waals surface area contributed by atoms with Crippen molar-refractivity contribution in [3.8, 4) is 0 Å². The van der Waals surface area contributed by atoms with Crippen LogP contribution in [0.25, 0.3) is 0 Å². The standard InChI is InChI=1S/C13H29NOSi.ClH/c1-13(2,3)16(4,5)15-11-8-12-6-9-14-10-7-12;/h12,14H,6-11H2,1-5H3;1H. The minimum Gasteiger partial charge on any atom is -0.417 e. The Balaban J connectivity index is 0.00000256. The average Bonchev–Trinajstić information content (AvgIpc) is 2.17. The summed E-state index contributed by atoms with van der Waals surface area (Å²) in [6, 6.07) is 0. The first-order valence-corrected chi connectivity index (χ1v) is 9.58. The monoisotopic (exact) mass is 279 g/mol. The fraction of sp³-hybridized carbons (Fsp3) is 1.00. The molecule has 0 saturated carbocycles. The van der Waals surface area contributed by atoms with Crippen molar-refractivity contribution in [1.29, 1.82) is 0 Å². The molecule has 104 valence electrons. The lowest BCUT2D eigenvalue weighted by Crippen LogP contribution is -2.41. The third kappa shape index (κ3) is 5.73. The Hall–Kier alpha value is 0.427. The third-order valence-electron chi connectivity index (χ3n) is 4.25. The van der Waals surface area contributed by atoms with Crippen molar-refractivity contribution >= 4 is 20.7 Å². The van der Waals surface area contributed by atoms with Gasteiger partial charge in [0.25, 0.3) is 0 Å². The normalized spacial score (nSPS) is 18.9. The molecule has 0 aromatic carbocycles. The summed E-state index contributed by atoms with van der Waals surface area (Å²) in [6.45, 7) is 15.0. The van der Waals surface area contributed by atoms with E-state index in [2.05, 4.69) is 39.2 Å². The van der Waals surface area contributed by atoms with Gasteiger partial charge in [0.1, 0.15) is 0 Å². The van der Waals surface area contributed by atoms with E-state index in [1.54, 1.807) is 0 Å². The van der Waals surface area contributed by atoms with E-state index >= 15 is 0 Å². The molecule has 0 atom stereocenters. The zero-order valence-corrected chi connectivity index (χ0v) is 14.0. The number of hydrogen-bond acceptors (Lipinski definition) is 2. The van der Waals surface area contributed by atoms with Gasteiger partial charge in [0, 0.05) is 6.61 Å². The van der Waals surface area contributed by atoms with Gasteiger partial charge in [0.2, 0.25) is 0 Å². The molecule has 0 spiro atoms. The van der Waals surface area contributed by atoms with E-state index in [1.807, 2.05) is 0 Å². The van der Waals surface area contributed by atoms with Gasteiger partial charge in [-0.2, -0.15) is 0 Å². The van der Waals surface area contributed by atoms with E-state index in [4.69, 9.17) is 4.43 Å². The molecule has 1 aliphatic rings. The molecule has 2 nitrogen and oxygen atoms in total. The Labute approximate surface area is 114 Å². The summed E-state index contributed by atoms with van der Waals surface area (Å²) in [4.78, 5) is 0. The zero-order chi connectivity index (χ0) is 12.2. The average molecular weight is 280 g/mol. The van der Waals surface area contributed by atoms with Gasteiger partial charge in [-0.25, -0.2) is 0 Å². The van der Waals surface area contributed by atoms with Crippen molar-refractivity contribution in [3.63, 3.8) is 0 Å². The van der Waals surface area contributed by atoms with E-state index in [-0.39, 0.29) is 12.4 Å². The molecule has 0 aromatic heterocycles. The number of piperidine rings is 1. The summed E-state index contributed by atoms with van der Waals surface area (Å²) in [7, 11) is -1.51. The van der Waals surface area contributed by atoms with Crippen LogP contribution in [0, 0.1) is 5.92 Å². The smallest absolute Gasteiger partial charge is 0.191 e. The van der Waals surface area contributed by atoms with Gasteiger partial charge in [-0.05, 0) is 56.4 Å². The third-order valence-corrected chi connectivity index (χ3v) is 8.79. The fourth-order valence-electron chi connectivity index (χ4n) is 1.87. The summed E-state index contributed by atoms with van der Waals surface area (Å²) in [5.41, 5.74) is 0. The lowest BCUT2D eigenvalue weighted by molar-refractivity contribution is 0.235. The second-order valence-corrected chi connectivity index (χ2v) is 11.4. The predicted molar refractivity (Wildman–Crippen MR) is 80.6 cm³/mol. The second kappa shape index (κ2) is 7.12. The van der Waals surface area contributed by atoms with Crippen LogP contribution in [0.3, 0.4) is 0 Å². The van der Waals surface area contributed by atoms with Gasteiger partial charge in [-0.1, -0.05) is 20.8 Å². The molecule has 0 bridgehead atoms. The minimum atomic E-state index is -1.51. The molecule has 1 fully saturated rings. The molecule has 17 heavy (non-hydrogen) atoms. The molecular formula is C13H30ClNOSi. The van der Waals surface area contributed by atoms with Crippen molar-refractivity contribution < 1.29 is 4.43 Å².